The molecule has 0 aliphatic rings. The number of likely N-dealkylation sites (N-methyl/N-ethyl adjacent to an activating group) is 1. The van der Waals surface area contributed by atoms with Gasteiger partial charge in [-0.15, -0.1) is 0 Å². The van der Waals surface area contributed by atoms with E-state index in [-0.39, 0.29) is 6.04 Å². The maximum atomic E-state index is 14.1. The first kappa shape index (κ1) is 16.0. The van der Waals surface area contributed by atoms with E-state index in [9.17, 15) is 8.78 Å². The van der Waals surface area contributed by atoms with E-state index in [0.29, 0.717) is 24.1 Å². The van der Waals surface area contributed by atoms with E-state index >= 15 is 0 Å². The van der Waals surface area contributed by atoms with E-state index < -0.39 is 11.6 Å². The van der Waals surface area contributed by atoms with E-state index in [2.05, 4.69) is 26.2 Å². The maximum absolute atomic E-state index is 14.1. The van der Waals surface area contributed by atoms with Crippen molar-refractivity contribution in [2.45, 2.75) is 26.3 Å². The average molecular weight is 355 g/mol. The summed E-state index contributed by atoms with van der Waals surface area (Å²) < 4.78 is 28.4. The zero-order valence-corrected chi connectivity index (χ0v) is 13.5. The van der Waals surface area contributed by atoms with Crippen molar-refractivity contribution in [1.82, 2.24) is 10.3 Å². The number of halogens is 3. The Morgan fingerprint density at radius 3 is 2.62 bits per heavy atom. The third-order valence-electron chi connectivity index (χ3n) is 3.31. The zero-order valence-electron chi connectivity index (χ0n) is 12.0. The molecule has 1 aromatic heterocycles. The van der Waals surface area contributed by atoms with Gasteiger partial charge in [0.2, 0.25) is 0 Å². The van der Waals surface area contributed by atoms with Crippen LogP contribution in [0.25, 0.3) is 0 Å². The second kappa shape index (κ2) is 7.09. The number of hydrogen-bond acceptors (Lipinski definition) is 2. The Kier molecular flexibility index (Phi) is 5.42. The van der Waals surface area contributed by atoms with Crippen LogP contribution in [0.4, 0.5) is 8.78 Å². The number of nitrogens with zero attached hydrogens (tertiary/aromatic N) is 1. The Labute approximate surface area is 131 Å². The smallest absolute Gasteiger partial charge is 0.130 e. The second-order valence-corrected chi connectivity index (χ2v) is 5.86. The molecule has 1 unspecified atom stereocenters. The molecule has 1 aromatic carbocycles. The first-order valence-corrected chi connectivity index (χ1v) is 7.59. The number of pyridine rings is 1. The molecule has 2 nitrogen and oxygen atoms in total. The fourth-order valence-electron chi connectivity index (χ4n) is 2.29. The molecule has 0 spiro atoms. The van der Waals surface area contributed by atoms with Gasteiger partial charge in [-0.1, -0.05) is 6.92 Å². The van der Waals surface area contributed by atoms with Gasteiger partial charge in [-0.05, 0) is 59.1 Å². The van der Waals surface area contributed by atoms with Gasteiger partial charge < -0.3 is 5.32 Å². The third-order valence-corrected chi connectivity index (χ3v) is 3.74. The molecule has 0 aliphatic carbocycles. The predicted octanol–water partition coefficient (Wildman–Crippen LogP) is 4.32. The molecule has 2 aromatic rings. The summed E-state index contributed by atoms with van der Waals surface area (Å²) in [4.78, 5) is 4.12. The molecule has 5 heteroatoms. The lowest BCUT2D eigenvalue weighted by Crippen LogP contribution is -2.24. The summed E-state index contributed by atoms with van der Waals surface area (Å²) in [5, 5.41) is 3.25. The summed E-state index contributed by atoms with van der Waals surface area (Å²) >= 11 is 3.38. The minimum atomic E-state index is -0.521. The summed E-state index contributed by atoms with van der Waals surface area (Å²) in [5.74, 6) is -1.04. The van der Waals surface area contributed by atoms with E-state index in [1.54, 1.807) is 25.4 Å². The van der Waals surface area contributed by atoms with Crippen molar-refractivity contribution in [2.75, 3.05) is 6.54 Å². The monoisotopic (exact) mass is 354 g/mol. The van der Waals surface area contributed by atoms with Gasteiger partial charge in [0.25, 0.3) is 0 Å². The van der Waals surface area contributed by atoms with Crippen LogP contribution in [-0.4, -0.2) is 11.5 Å². The van der Waals surface area contributed by atoms with Crippen LogP contribution in [-0.2, 0) is 6.42 Å². The minimum absolute atomic E-state index is 0.217. The second-order valence-electron chi connectivity index (χ2n) is 4.95. The fourth-order valence-corrected chi connectivity index (χ4v) is 2.70. The van der Waals surface area contributed by atoms with Crippen LogP contribution in [0.2, 0.25) is 0 Å². The van der Waals surface area contributed by atoms with E-state index in [1.165, 1.54) is 0 Å². The SMILES string of the molecule is CCNC(Cc1cncc(Br)c1)c1cc(C)c(F)cc1F. The highest BCUT2D eigenvalue weighted by Crippen LogP contribution is 2.24. The summed E-state index contributed by atoms with van der Waals surface area (Å²) in [6.07, 6.45) is 4.04. The molecule has 112 valence electrons. The Hall–Kier alpha value is -1.33. The summed E-state index contributed by atoms with van der Waals surface area (Å²) in [6, 6.07) is 4.26. The highest BCUT2D eigenvalue weighted by Gasteiger charge is 2.17. The molecule has 0 saturated carbocycles. The summed E-state index contributed by atoms with van der Waals surface area (Å²) in [6.45, 7) is 4.30. The molecule has 0 fully saturated rings. The van der Waals surface area contributed by atoms with Gasteiger partial charge in [-0.3, -0.25) is 4.98 Å². The first-order valence-electron chi connectivity index (χ1n) is 6.79. The van der Waals surface area contributed by atoms with Crippen molar-refractivity contribution in [3.8, 4) is 0 Å². The number of nitrogens with one attached hydrogen (secondary N) is 1. The molecule has 1 atom stereocenters. The Bertz CT molecular complexity index is 632. The molecular formula is C16H17BrF2N2. The lowest BCUT2D eigenvalue weighted by atomic mass is 9.97. The molecule has 2 rings (SSSR count). The quantitative estimate of drug-likeness (QED) is 0.864. The molecule has 0 amide bonds. The Morgan fingerprint density at radius 1 is 1.19 bits per heavy atom. The number of hydrogen-bond donors (Lipinski definition) is 1. The van der Waals surface area contributed by atoms with Gasteiger partial charge in [-0.25, -0.2) is 8.78 Å². The number of aromatic nitrogens is 1. The Balaban J connectivity index is 2.33. The average Bonchev–Trinajstić information content (AvgIpc) is 2.42. The van der Waals surface area contributed by atoms with Crippen LogP contribution in [0.5, 0.6) is 0 Å². The van der Waals surface area contributed by atoms with Crippen LogP contribution in [0.1, 0.15) is 29.7 Å². The van der Waals surface area contributed by atoms with Gasteiger partial charge in [0, 0.05) is 34.5 Å². The Morgan fingerprint density at radius 2 is 1.95 bits per heavy atom. The molecule has 1 heterocycles. The number of aryl methyl sites for hydroxylation is 1. The molecule has 0 radical (unpaired) electrons. The highest BCUT2D eigenvalue weighted by molar-refractivity contribution is 9.10. The number of benzene rings is 1. The van der Waals surface area contributed by atoms with Crippen molar-refractivity contribution in [2.24, 2.45) is 0 Å². The normalized spacial score (nSPS) is 12.4. The van der Waals surface area contributed by atoms with Crippen molar-refractivity contribution >= 4 is 15.9 Å². The van der Waals surface area contributed by atoms with E-state index in [4.69, 9.17) is 0 Å². The molecular weight excluding hydrogens is 338 g/mol. The topological polar surface area (TPSA) is 24.9 Å². The molecule has 21 heavy (non-hydrogen) atoms. The molecule has 1 N–H and O–H groups in total. The zero-order chi connectivity index (χ0) is 15.4. The maximum Gasteiger partial charge on any atom is 0.130 e. The summed E-state index contributed by atoms with van der Waals surface area (Å²) in [7, 11) is 0. The van der Waals surface area contributed by atoms with Crippen LogP contribution in [0, 0.1) is 18.6 Å². The van der Waals surface area contributed by atoms with Crippen LogP contribution < -0.4 is 5.32 Å². The lowest BCUT2D eigenvalue weighted by Gasteiger charge is -2.20. The molecule has 0 aliphatic heterocycles. The van der Waals surface area contributed by atoms with Crippen LogP contribution >= 0.6 is 15.9 Å². The van der Waals surface area contributed by atoms with Crippen LogP contribution in [0.3, 0.4) is 0 Å². The predicted molar refractivity (Wildman–Crippen MR) is 83.2 cm³/mol. The van der Waals surface area contributed by atoms with Gasteiger partial charge in [0.1, 0.15) is 11.6 Å². The van der Waals surface area contributed by atoms with E-state index in [1.807, 2.05) is 13.0 Å². The molecule has 0 bridgehead atoms. The third kappa shape index (κ3) is 4.08. The van der Waals surface area contributed by atoms with Crippen LogP contribution in [0.15, 0.2) is 35.1 Å². The number of rotatable bonds is 5. The minimum Gasteiger partial charge on any atom is -0.310 e. The van der Waals surface area contributed by atoms with E-state index in [0.717, 1.165) is 16.1 Å². The lowest BCUT2D eigenvalue weighted by molar-refractivity contribution is 0.500. The van der Waals surface area contributed by atoms with Crippen molar-refractivity contribution in [3.05, 3.63) is 63.4 Å². The van der Waals surface area contributed by atoms with Gasteiger partial charge in [0.05, 0.1) is 0 Å². The van der Waals surface area contributed by atoms with Gasteiger partial charge in [0.15, 0.2) is 0 Å². The van der Waals surface area contributed by atoms with Gasteiger partial charge in [-0.2, -0.15) is 0 Å². The van der Waals surface area contributed by atoms with Crippen molar-refractivity contribution in [3.63, 3.8) is 0 Å². The standard InChI is InChI=1S/C16H17BrF2N2/c1-3-21-16(6-11-5-12(17)9-20-8-11)13-4-10(2)14(18)7-15(13)19/h4-5,7-9,16,21H,3,6H2,1-2H3. The van der Waals surface area contributed by atoms with Gasteiger partial charge >= 0.3 is 0 Å². The van der Waals surface area contributed by atoms with Crippen molar-refractivity contribution in [1.29, 1.82) is 0 Å². The van der Waals surface area contributed by atoms with Crippen molar-refractivity contribution < 1.29 is 8.78 Å². The molecule has 0 saturated heterocycles. The highest BCUT2D eigenvalue weighted by atomic mass is 79.9. The largest absolute Gasteiger partial charge is 0.310 e. The fraction of sp³-hybridized carbons (Fsp3) is 0.312. The first-order chi connectivity index (χ1) is 10.0. The summed E-state index contributed by atoms with van der Waals surface area (Å²) in [5.41, 5.74) is 1.91.